The van der Waals surface area contributed by atoms with Crippen LogP contribution in [0.1, 0.15) is 25.0 Å². The van der Waals surface area contributed by atoms with Crippen molar-refractivity contribution in [3.63, 3.8) is 0 Å². The highest BCUT2D eigenvalue weighted by atomic mass is 35.5. The third-order valence-electron chi connectivity index (χ3n) is 2.63. The minimum Gasteiger partial charge on any atom is -0.281 e. The Morgan fingerprint density at radius 3 is 2.88 bits per heavy atom. The van der Waals surface area contributed by atoms with Crippen molar-refractivity contribution in [3.8, 4) is 6.07 Å². The van der Waals surface area contributed by atoms with E-state index in [4.69, 9.17) is 16.9 Å². The molecule has 0 atom stereocenters. The molecule has 2 N–H and O–H groups in total. The van der Waals surface area contributed by atoms with Gasteiger partial charge in [-0.3, -0.25) is 15.6 Å². The summed E-state index contributed by atoms with van der Waals surface area (Å²) in [6.07, 6.45) is 4.28. The zero-order valence-electron chi connectivity index (χ0n) is 8.90. The van der Waals surface area contributed by atoms with Crippen molar-refractivity contribution in [2.45, 2.75) is 19.3 Å². The van der Waals surface area contributed by atoms with E-state index in [-0.39, 0.29) is 22.7 Å². The number of carbonyl (C=O) groups excluding carboxylic acids is 1. The smallest absolute Gasteiger partial charge is 0.241 e. The molecule has 0 aromatic carbocycles. The second-order valence-electron chi connectivity index (χ2n) is 3.75. The van der Waals surface area contributed by atoms with Crippen LogP contribution in [0.2, 0.25) is 5.15 Å². The molecular weight excluding hydrogens is 242 g/mol. The van der Waals surface area contributed by atoms with Crippen molar-refractivity contribution < 1.29 is 4.79 Å². The van der Waals surface area contributed by atoms with Crippen LogP contribution in [0.15, 0.2) is 6.20 Å². The van der Waals surface area contributed by atoms with Gasteiger partial charge >= 0.3 is 0 Å². The van der Waals surface area contributed by atoms with Crippen LogP contribution >= 0.6 is 11.6 Å². The maximum atomic E-state index is 11.5. The zero-order chi connectivity index (χ0) is 12.3. The number of aromatic nitrogens is 2. The van der Waals surface area contributed by atoms with Crippen molar-refractivity contribution in [3.05, 3.63) is 17.0 Å². The van der Waals surface area contributed by atoms with Crippen molar-refractivity contribution in [2.24, 2.45) is 5.92 Å². The number of halogens is 1. The number of hydrogen-bond donors (Lipinski definition) is 2. The molecule has 17 heavy (non-hydrogen) atoms. The van der Waals surface area contributed by atoms with Gasteiger partial charge in [-0.2, -0.15) is 5.26 Å². The number of nitrogens with zero attached hydrogens (tertiary/aromatic N) is 3. The van der Waals surface area contributed by atoms with E-state index in [1.54, 1.807) is 6.07 Å². The number of amides is 1. The Hall–Kier alpha value is -1.87. The molecule has 1 saturated carbocycles. The zero-order valence-corrected chi connectivity index (χ0v) is 9.66. The molecule has 0 radical (unpaired) electrons. The van der Waals surface area contributed by atoms with E-state index in [1.165, 1.54) is 6.20 Å². The standard InChI is InChI=1S/C10H10ClN5O/c11-9-7(4-12)13-5-8(14-9)15-16-10(17)6-2-1-3-6/h5-6H,1-3H2,(H,14,15)(H,16,17). The number of hydrogen-bond acceptors (Lipinski definition) is 5. The molecule has 2 rings (SSSR count). The molecule has 6 nitrogen and oxygen atoms in total. The molecular formula is C10H10ClN5O. The van der Waals surface area contributed by atoms with Crippen LogP contribution in [0.4, 0.5) is 5.82 Å². The summed E-state index contributed by atoms with van der Waals surface area (Å²) >= 11 is 5.70. The van der Waals surface area contributed by atoms with E-state index in [9.17, 15) is 4.79 Å². The Morgan fingerprint density at radius 1 is 1.59 bits per heavy atom. The molecule has 0 unspecified atom stereocenters. The van der Waals surface area contributed by atoms with Crippen LogP contribution < -0.4 is 10.9 Å². The Bertz CT molecular complexity index is 480. The van der Waals surface area contributed by atoms with Gasteiger partial charge in [-0.05, 0) is 12.8 Å². The van der Waals surface area contributed by atoms with E-state index in [2.05, 4.69) is 20.8 Å². The van der Waals surface area contributed by atoms with Crippen LogP contribution in [-0.2, 0) is 4.79 Å². The lowest BCUT2D eigenvalue weighted by molar-refractivity contribution is -0.126. The summed E-state index contributed by atoms with van der Waals surface area (Å²) < 4.78 is 0. The van der Waals surface area contributed by atoms with E-state index in [0.717, 1.165) is 19.3 Å². The molecule has 1 fully saturated rings. The molecule has 0 aliphatic heterocycles. The topological polar surface area (TPSA) is 90.7 Å². The SMILES string of the molecule is N#Cc1ncc(NNC(=O)C2CCC2)nc1Cl. The van der Waals surface area contributed by atoms with Crippen molar-refractivity contribution >= 4 is 23.3 Å². The highest BCUT2D eigenvalue weighted by Crippen LogP contribution is 2.26. The van der Waals surface area contributed by atoms with Gasteiger partial charge in [0.15, 0.2) is 16.7 Å². The lowest BCUT2D eigenvalue weighted by Crippen LogP contribution is -2.38. The Morgan fingerprint density at radius 2 is 2.35 bits per heavy atom. The average Bonchev–Trinajstić information content (AvgIpc) is 2.24. The van der Waals surface area contributed by atoms with Crippen LogP contribution in [-0.4, -0.2) is 15.9 Å². The molecule has 1 aromatic heterocycles. The first-order valence-electron chi connectivity index (χ1n) is 5.19. The van der Waals surface area contributed by atoms with Crippen LogP contribution in [0, 0.1) is 17.2 Å². The van der Waals surface area contributed by atoms with Crippen LogP contribution in [0.25, 0.3) is 0 Å². The minimum absolute atomic E-state index is 0.00962. The molecule has 1 aliphatic rings. The predicted molar refractivity (Wildman–Crippen MR) is 60.9 cm³/mol. The minimum atomic E-state index is -0.0569. The maximum Gasteiger partial charge on any atom is 0.241 e. The highest BCUT2D eigenvalue weighted by molar-refractivity contribution is 6.30. The first-order chi connectivity index (χ1) is 8.20. The largest absolute Gasteiger partial charge is 0.281 e. The summed E-state index contributed by atoms with van der Waals surface area (Å²) in [5.41, 5.74) is 5.21. The van der Waals surface area contributed by atoms with Gasteiger partial charge in [0.1, 0.15) is 6.07 Å². The summed E-state index contributed by atoms with van der Waals surface area (Å²) in [5, 5.41) is 8.62. The molecule has 0 bridgehead atoms. The molecule has 1 aliphatic carbocycles. The van der Waals surface area contributed by atoms with Crippen LogP contribution in [0.5, 0.6) is 0 Å². The summed E-state index contributed by atoms with van der Waals surface area (Å²) in [6, 6.07) is 1.80. The highest BCUT2D eigenvalue weighted by Gasteiger charge is 2.24. The monoisotopic (exact) mass is 251 g/mol. The lowest BCUT2D eigenvalue weighted by Gasteiger charge is -2.24. The quantitative estimate of drug-likeness (QED) is 0.789. The molecule has 1 aromatic rings. The molecule has 88 valence electrons. The predicted octanol–water partition coefficient (Wildman–Crippen LogP) is 1.24. The van der Waals surface area contributed by atoms with E-state index in [0.29, 0.717) is 5.82 Å². The first-order valence-corrected chi connectivity index (χ1v) is 5.57. The van der Waals surface area contributed by atoms with Gasteiger partial charge in [-0.25, -0.2) is 9.97 Å². The molecule has 0 saturated heterocycles. The number of nitrogens with one attached hydrogen (secondary N) is 2. The number of nitriles is 1. The fraction of sp³-hybridized carbons (Fsp3) is 0.400. The summed E-state index contributed by atoms with van der Waals surface area (Å²) in [7, 11) is 0. The van der Waals surface area contributed by atoms with Crippen LogP contribution in [0.3, 0.4) is 0 Å². The summed E-state index contributed by atoms with van der Waals surface area (Å²) in [4.78, 5) is 19.2. The third kappa shape index (κ3) is 2.63. The third-order valence-corrected chi connectivity index (χ3v) is 2.89. The van der Waals surface area contributed by atoms with Gasteiger partial charge in [0.2, 0.25) is 5.91 Å². The van der Waals surface area contributed by atoms with E-state index >= 15 is 0 Å². The van der Waals surface area contributed by atoms with Gasteiger partial charge in [-0.15, -0.1) is 0 Å². The Labute approximate surface area is 103 Å². The van der Waals surface area contributed by atoms with Crippen molar-refractivity contribution in [1.29, 1.82) is 5.26 Å². The fourth-order valence-corrected chi connectivity index (χ4v) is 1.58. The number of rotatable bonds is 3. The van der Waals surface area contributed by atoms with Gasteiger partial charge < -0.3 is 0 Å². The van der Waals surface area contributed by atoms with Gasteiger partial charge in [0, 0.05) is 5.92 Å². The molecule has 1 amide bonds. The van der Waals surface area contributed by atoms with E-state index in [1.807, 2.05) is 0 Å². The van der Waals surface area contributed by atoms with Gasteiger partial charge in [0.25, 0.3) is 0 Å². The van der Waals surface area contributed by atoms with Gasteiger partial charge in [0.05, 0.1) is 6.20 Å². The average molecular weight is 252 g/mol. The molecule has 1 heterocycles. The second-order valence-corrected chi connectivity index (χ2v) is 4.11. The van der Waals surface area contributed by atoms with Crippen molar-refractivity contribution in [1.82, 2.24) is 15.4 Å². The number of anilines is 1. The molecule has 7 heteroatoms. The lowest BCUT2D eigenvalue weighted by atomic mass is 9.85. The fourth-order valence-electron chi connectivity index (χ4n) is 1.40. The number of hydrazine groups is 1. The number of carbonyl (C=O) groups is 1. The Kier molecular flexibility index (Phi) is 3.40. The first kappa shape index (κ1) is 11.6. The normalized spacial score (nSPS) is 14.6. The maximum absolute atomic E-state index is 11.5. The summed E-state index contributed by atoms with van der Waals surface area (Å²) in [5.74, 6) is 0.338. The summed E-state index contributed by atoms with van der Waals surface area (Å²) in [6.45, 7) is 0. The molecule has 0 spiro atoms. The second kappa shape index (κ2) is 4.97. The van der Waals surface area contributed by atoms with Crippen molar-refractivity contribution in [2.75, 3.05) is 5.43 Å². The Balaban J connectivity index is 1.93. The van der Waals surface area contributed by atoms with E-state index < -0.39 is 0 Å². The van der Waals surface area contributed by atoms with Gasteiger partial charge in [-0.1, -0.05) is 18.0 Å².